The van der Waals surface area contributed by atoms with Crippen molar-refractivity contribution >= 4 is 71.7 Å². The van der Waals surface area contributed by atoms with Gasteiger partial charge in [-0.15, -0.1) is 24.8 Å². The SMILES string of the molecule is CCCOCCNC(=O)CN(C)C(=N)N.CN(CC(=O)NCCCCCC[P+](c1ccccc1)(c1ccccc1)c1ccccc1)C(=N)N.Cl.Cl.[Cl-].[Cl-]. The molecule has 0 atom stereocenters. The molecule has 0 bridgehead atoms. The van der Waals surface area contributed by atoms with Gasteiger partial charge in [0.15, 0.2) is 11.9 Å². The van der Waals surface area contributed by atoms with Crippen LogP contribution < -0.4 is 62.8 Å². The third-order valence-corrected chi connectivity index (χ3v) is 12.4. The van der Waals surface area contributed by atoms with E-state index in [4.69, 9.17) is 27.0 Å². The van der Waals surface area contributed by atoms with E-state index in [0.717, 1.165) is 38.3 Å². The Kier molecular flexibility index (Phi) is 31.7. The van der Waals surface area contributed by atoms with Gasteiger partial charge in [-0.2, -0.15) is 0 Å². The topological polar surface area (TPSA) is 174 Å². The number of hydrogen-bond acceptors (Lipinski definition) is 5. The van der Waals surface area contributed by atoms with Crippen molar-refractivity contribution in [1.29, 1.82) is 10.8 Å². The van der Waals surface area contributed by atoms with Crippen LogP contribution in [0.3, 0.4) is 0 Å². The fourth-order valence-electron chi connectivity index (χ4n) is 5.16. The first kappa shape index (κ1) is 54.0. The predicted octanol–water partition coefficient (Wildman–Crippen LogP) is -2.31. The third-order valence-electron chi connectivity index (χ3n) is 7.83. The average molecular weight is 836 g/mol. The van der Waals surface area contributed by atoms with Crippen molar-refractivity contribution in [1.82, 2.24) is 20.4 Å². The van der Waals surface area contributed by atoms with Gasteiger partial charge in [0.25, 0.3) is 0 Å². The molecule has 8 N–H and O–H groups in total. The molecule has 3 aromatic carbocycles. The summed E-state index contributed by atoms with van der Waals surface area (Å²) in [7, 11) is 1.48. The van der Waals surface area contributed by atoms with Gasteiger partial charge in [-0.1, -0.05) is 67.9 Å². The van der Waals surface area contributed by atoms with Crippen LogP contribution in [0, 0.1) is 10.8 Å². The van der Waals surface area contributed by atoms with Crippen LogP contribution in [0.4, 0.5) is 0 Å². The van der Waals surface area contributed by atoms with Gasteiger partial charge >= 0.3 is 0 Å². The van der Waals surface area contributed by atoms with Gasteiger partial charge < -0.3 is 61.5 Å². The number of guanidine groups is 2. The molecule has 0 saturated heterocycles. The molecule has 0 aliphatic carbocycles. The lowest BCUT2D eigenvalue weighted by Crippen LogP contribution is -3.00. The fourth-order valence-corrected chi connectivity index (χ4v) is 9.57. The van der Waals surface area contributed by atoms with Crippen LogP contribution in [0.1, 0.15) is 39.0 Å². The molecule has 0 spiro atoms. The van der Waals surface area contributed by atoms with Crippen LogP contribution in [0.5, 0.6) is 0 Å². The van der Waals surface area contributed by atoms with Crippen LogP contribution in [-0.4, -0.2) is 93.2 Å². The minimum Gasteiger partial charge on any atom is -1.00 e. The molecule has 0 aliphatic heterocycles. The molecule has 0 heterocycles. The van der Waals surface area contributed by atoms with Gasteiger partial charge in [-0.3, -0.25) is 20.4 Å². The number of likely N-dealkylation sites (N-methyl/N-ethyl adjacent to an activating group) is 2. The largest absolute Gasteiger partial charge is 1.00 e. The lowest BCUT2D eigenvalue weighted by Gasteiger charge is -2.27. The van der Waals surface area contributed by atoms with Crippen molar-refractivity contribution < 1.29 is 39.1 Å². The number of nitrogens with zero attached hydrogens (tertiary/aromatic N) is 2. The maximum absolute atomic E-state index is 11.9. The lowest BCUT2D eigenvalue weighted by molar-refractivity contribution is -0.122. The number of rotatable bonds is 19. The van der Waals surface area contributed by atoms with E-state index in [-0.39, 0.29) is 86.5 Å². The van der Waals surface area contributed by atoms with Crippen LogP contribution >= 0.6 is 32.1 Å². The van der Waals surface area contributed by atoms with Crippen molar-refractivity contribution in [2.45, 2.75) is 39.0 Å². The van der Waals surface area contributed by atoms with Gasteiger partial charge in [0.1, 0.15) is 23.2 Å². The average Bonchev–Trinajstić information content (AvgIpc) is 3.11. The molecular formula is C37H58Cl4N8O3P-. The minimum absolute atomic E-state index is 0. The van der Waals surface area contributed by atoms with Crippen LogP contribution in [0.2, 0.25) is 0 Å². The number of carbonyl (C=O) groups excluding carboxylic acids is 2. The van der Waals surface area contributed by atoms with E-state index in [2.05, 4.69) is 102 Å². The summed E-state index contributed by atoms with van der Waals surface area (Å²) >= 11 is 0. The summed E-state index contributed by atoms with van der Waals surface area (Å²) in [5.41, 5.74) is 10.6. The van der Waals surface area contributed by atoms with Gasteiger partial charge in [-0.25, -0.2) is 0 Å². The molecule has 298 valence electrons. The predicted molar refractivity (Wildman–Crippen MR) is 219 cm³/mol. The molecule has 0 fully saturated rings. The van der Waals surface area contributed by atoms with E-state index < -0.39 is 7.26 Å². The third kappa shape index (κ3) is 20.1. The van der Waals surface area contributed by atoms with Gasteiger partial charge in [-0.05, 0) is 62.1 Å². The summed E-state index contributed by atoms with van der Waals surface area (Å²) in [6.45, 7) is 4.62. The Bertz CT molecular complexity index is 1320. The van der Waals surface area contributed by atoms with Gasteiger partial charge in [0.05, 0.1) is 25.9 Å². The zero-order chi connectivity index (χ0) is 35.9. The number of carbonyl (C=O) groups is 2. The summed E-state index contributed by atoms with van der Waals surface area (Å²) in [4.78, 5) is 26.0. The lowest BCUT2D eigenvalue weighted by atomic mass is 10.2. The Labute approximate surface area is 341 Å². The van der Waals surface area contributed by atoms with Gasteiger partial charge in [0.2, 0.25) is 11.8 Å². The Balaban J connectivity index is -0.00000113. The number of amides is 2. The molecule has 11 nitrogen and oxygen atoms in total. The van der Waals surface area contributed by atoms with E-state index in [9.17, 15) is 9.59 Å². The number of hydrogen-bond donors (Lipinski definition) is 6. The number of nitrogens with one attached hydrogen (secondary N) is 4. The summed E-state index contributed by atoms with van der Waals surface area (Å²) in [6, 6.07) is 33.0. The number of nitrogens with two attached hydrogens (primary N) is 2. The number of ether oxygens (including phenoxy) is 1. The minimum atomic E-state index is -1.76. The standard InChI is InChI=1S/C28H35N4OP.C9H20N4O2.4ClH/c1-32(28(29)30)23-27(33)31-21-13-2-3-14-22-34(24-15-7-4-8-16-24,25-17-9-5-10-18-25)26-19-11-6-12-20-26;1-3-5-15-6-4-12-8(14)7-13(2)9(10)11;;;;/h4-12,15-20H,2-3,13-14,21-23H2,1H3,(H3-,29,30,31,33);3-7H2,1-2H3,(H3,10,11)(H,12,14);4*1H/p-1. The van der Waals surface area contributed by atoms with E-state index in [1.807, 2.05) is 6.92 Å². The normalized spacial score (nSPS) is 9.87. The molecule has 16 heteroatoms. The molecule has 0 aliphatic rings. The second-order valence-electron chi connectivity index (χ2n) is 11.7. The van der Waals surface area contributed by atoms with Crippen molar-refractivity contribution in [3.05, 3.63) is 91.0 Å². The molecule has 3 rings (SSSR count). The molecule has 53 heavy (non-hydrogen) atoms. The Hall–Kier alpha value is -3.31. The first-order valence-corrected chi connectivity index (χ1v) is 18.9. The van der Waals surface area contributed by atoms with Crippen LogP contribution in [0.15, 0.2) is 91.0 Å². The Morgan fingerprint density at radius 2 is 1.02 bits per heavy atom. The van der Waals surface area contributed by atoms with E-state index in [1.165, 1.54) is 25.7 Å². The highest BCUT2D eigenvalue weighted by Crippen LogP contribution is 2.55. The zero-order valence-corrected chi connectivity index (χ0v) is 35.0. The van der Waals surface area contributed by atoms with Crippen LogP contribution in [0.25, 0.3) is 0 Å². The number of benzene rings is 3. The summed E-state index contributed by atoms with van der Waals surface area (Å²) < 4.78 is 5.19. The highest BCUT2D eigenvalue weighted by atomic mass is 35.5. The smallest absolute Gasteiger partial charge is 0.239 e. The molecular weight excluding hydrogens is 777 g/mol. The van der Waals surface area contributed by atoms with Crippen molar-refractivity contribution in [2.24, 2.45) is 11.5 Å². The van der Waals surface area contributed by atoms with Gasteiger partial charge in [0, 0.05) is 33.8 Å². The highest BCUT2D eigenvalue weighted by molar-refractivity contribution is 7.95. The Morgan fingerprint density at radius 1 is 0.642 bits per heavy atom. The van der Waals surface area contributed by atoms with Crippen molar-refractivity contribution in [3.63, 3.8) is 0 Å². The highest BCUT2D eigenvalue weighted by Gasteiger charge is 2.44. The maximum Gasteiger partial charge on any atom is 0.239 e. The summed E-state index contributed by atoms with van der Waals surface area (Å²) in [6.07, 6.45) is 6.37. The van der Waals surface area contributed by atoms with Crippen LogP contribution in [-0.2, 0) is 14.3 Å². The second kappa shape index (κ2) is 31.1. The fraction of sp³-hybridized carbons (Fsp3) is 0.405. The maximum atomic E-state index is 11.9. The van der Waals surface area contributed by atoms with Crippen molar-refractivity contribution in [3.8, 4) is 0 Å². The quantitative estimate of drug-likeness (QED) is 0.0341. The first-order valence-electron chi connectivity index (χ1n) is 16.9. The first-order chi connectivity index (χ1) is 23.6. The van der Waals surface area contributed by atoms with Crippen molar-refractivity contribution in [2.75, 3.05) is 59.7 Å². The van der Waals surface area contributed by atoms with E-state index in [0.29, 0.717) is 26.3 Å². The molecule has 0 unspecified atom stereocenters. The summed E-state index contributed by atoms with van der Waals surface area (Å²) in [5.74, 6) is -0.475. The molecule has 3 aromatic rings. The molecule has 0 saturated carbocycles. The number of unbranched alkanes of at least 4 members (excludes halogenated alkanes) is 3. The number of halogens is 4. The van der Waals surface area contributed by atoms with E-state index in [1.54, 1.807) is 14.1 Å². The monoisotopic (exact) mass is 833 g/mol. The molecule has 2 amide bonds. The van der Waals surface area contributed by atoms with E-state index >= 15 is 0 Å². The summed E-state index contributed by atoms with van der Waals surface area (Å²) in [5, 5.41) is 24.3. The molecule has 0 radical (unpaired) electrons. The zero-order valence-electron chi connectivity index (χ0n) is 30.9. The molecule has 0 aromatic heterocycles. The second-order valence-corrected chi connectivity index (χ2v) is 15.4. The Morgan fingerprint density at radius 3 is 1.40 bits per heavy atom.